The van der Waals surface area contributed by atoms with Crippen molar-refractivity contribution in [3.05, 3.63) is 41.9 Å². The van der Waals surface area contributed by atoms with Crippen LogP contribution in [0.15, 0.2) is 30.5 Å². The number of hydrogen-bond donors (Lipinski definition) is 1. The first-order chi connectivity index (χ1) is 11.8. The Morgan fingerprint density at radius 3 is 2.56 bits per heavy atom. The van der Waals surface area contributed by atoms with Crippen LogP contribution in [-0.2, 0) is 15.6 Å². The van der Waals surface area contributed by atoms with E-state index in [1.54, 1.807) is 6.20 Å². The van der Waals surface area contributed by atoms with E-state index in [9.17, 15) is 9.90 Å². The number of nitrogens with zero attached hydrogens (tertiary/aromatic N) is 3. The molecule has 5 rings (SSSR count). The van der Waals surface area contributed by atoms with Crippen molar-refractivity contribution in [3.63, 3.8) is 0 Å². The number of aromatic nitrogens is 3. The summed E-state index contributed by atoms with van der Waals surface area (Å²) < 4.78 is 0. The second kappa shape index (κ2) is 4.15. The van der Waals surface area contributed by atoms with Crippen LogP contribution in [0.1, 0.15) is 45.0 Å². The molecule has 0 radical (unpaired) electrons. The molecule has 0 amide bonds. The minimum Gasteiger partial charge on any atom is -0.481 e. The maximum atomic E-state index is 12.4. The molecule has 0 spiro atoms. The summed E-state index contributed by atoms with van der Waals surface area (Å²) in [5.74, 6) is -0.785. The molecule has 2 heterocycles. The SMILES string of the molecule is CC12CCC(C(=O)O)(c3nc4c(ccc5ncccc54)nc31)C2(C)C. The quantitative estimate of drug-likeness (QED) is 0.689. The molecule has 1 N–H and O–H groups in total. The van der Waals surface area contributed by atoms with Gasteiger partial charge in [-0.25, -0.2) is 9.97 Å². The molecule has 2 aromatic heterocycles. The van der Waals surface area contributed by atoms with Gasteiger partial charge >= 0.3 is 5.97 Å². The van der Waals surface area contributed by atoms with Crippen LogP contribution in [0.4, 0.5) is 0 Å². The fourth-order valence-electron chi connectivity index (χ4n) is 5.19. The van der Waals surface area contributed by atoms with Gasteiger partial charge in [-0.3, -0.25) is 9.78 Å². The number of aliphatic carboxylic acids is 1. The largest absolute Gasteiger partial charge is 0.481 e. The van der Waals surface area contributed by atoms with Gasteiger partial charge in [-0.15, -0.1) is 0 Å². The third kappa shape index (κ3) is 1.39. The molecule has 2 bridgehead atoms. The minimum atomic E-state index is -0.970. The van der Waals surface area contributed by atoms with Crippen molar-refractivity contribution in [2.24, 2.45) is 5.41 Å². The Morgan fingerprint density at radius 1 is 1.04 bits per heavy atom. The lowest BCUT2D eigenvalue weighted by Gasteiger charge is -2.37. The first-order valence-corrected chi connectivity index (χ1v) is 8.63. The van der Waals surface area contributed by atoms with Crippen molar-refractivity contribution in [3.8, 4) is 0 Å². The molecule has 2 aliphatic carbocycles. The molecule has 0 saturated heterocycles. The van der Waals surface area contributed by atoms with E-state index in [-0.39, 0.29) is 5.41 Å². The van der Waals surface area contributed by atoms with Crippen LogP contribution in [0.2, 0.25) is 0 Å². The fraction of sp³-hybridized carbons (Fsp3) is 0.400. The molecule has 1 saturated carbocycles. The van der Waals surface area contributed by atoms with Crippen LogP contribution < -0.4 is 0 Å². The molecule has 2 unspecified atom stereocenters. The number of benzene rings is 1. The molecule has 1 fully saturated rings. The van der Waals surface area contributed by atoms with Crippen LogP contribution in [0, 0.1) is 5.41 Å². The van der Waals surface area contributed by atoms with E-state index >= 15 is 0 Å². The zero-order chi connectivity index (χ0) is 17.6. The highest BCUT2D eigenvalue weighted by Gasteiger charge is 2.73. The van der Waals surface area contributed by atoms with E-state index in [1.807, 2.05) is 24.3 Å². The molecular formula is C20H19N3O2. The highest BCUT2D eigenvalue weighted by molar-refractivity contribution is 6.02. The van der Waals surface area contributed by atoms with Gasteiger partial charge in [-0.1, -0.05) is 20.8 Å². The number of pyridine rings is 1. The average molecular weight is 333 g/mol. The van der Waals surface area contributed by atoms with Gasteiger partial charge in [0.05, 0.1) is 27.9 Å². The number of fused-ring (bicyclic) bond motifs is 8. The Labute approximate surface area is 145 Å². The fourth-order valence-corrected chi connectivity index (χ4v) is 5.19. The molecule has 5 nitrogen and oxygen atoms in total. The third-order valence-corrected chi connectivity index (χ3v) is 7.15. The summed E-state index contributed by atoms with van der Waals surface area (Å²) >= 11 is 0. The van der Waals surface area contributed by atoms with E-state index in [0.29, 0.717) is 12.1 Å². The number of rotatable bonds is 1. The summed E-state index contributed by atoms with van der Waals surface area (Å²) in [5.41, 5.74) is 2.25. The van der Waals surface area contributed by atoms with Crippen molar-refractivity contribution in [2.45, 2.75) is 44.4 Å². The standard InChI is InChI=1S/C20H19N3O2/c1-18(2)19(3)8-9-20(18,17(24)25)16-15(19)22-13-7-6-12-11(14(13)23-16)5-4-10-21-12/h4-7,10H,8-9H2,1-3H3,(H,24,25). The molecule has 3 aromatic rings. The second-order valence-electron chi connectivity index (χ2n) is 8.09. The average Bonchev–Trinajstić information content (AvgIpc) is 2.89. The maximum Gasteiger partial charge on any atom is 0.316 e. The number of carboxylic acid groups (broad SMARTS) is 1. The number of carbonyl (C=O) groups is 1. The molecule has 1 aromatic carbocycles. The first-order valence-electron chi connectivity index (χ1n) is 8.63. The normalized spacial score (nSPS) is 29.2. The van der Waals surface area contributed by atoms with E-state index < -0.39 is 16.8 Å². The molecule has 0 aliphatic heterocycles. The van der Waals surface area contributed by atoms with Crippen LogP contribution in [0.25, 0.3) is 21.9 Å². The van der Waals surface area contributed by atoms with Gasteiger partial charge in [0, 0.05) is 17.0 Å². The van der Waals surface area contributed by atoms with Crippen LogP contribution in [-0.4, -0.2) is 26.0 Å². The van der Waals surface area contributed by atoms with Crippen molar-refractivity contribution in [2.75, 3.05) is 0 Å². The summed E-state index contributed by atoms with van der Waals surface area (Å²) in [5, 5.41) is 11.1. The van der Waals surface area contributed by atoms with Gasteiger partial charge in [0.1, 0.15) is 5.41 Å². The highest BCUT2D eigenvalue weighted by Crippen LogP contribution is 2.70. The molecule has 2 aliphatic rings. The summed E-state index contributed by atoms with van der Waals surface area (Å²) in [6, 6.07) is 7.74. The van der Waals surface area contributed by atoms with Crippen LogP contribution in [0.5, 0.6) is 0 Å². The lowest BCUT2D eigenvalue weighted by Crippen LogP contribution is -2.45. The van der Waals surface area contributed by atoms with Crippen molar-refractivity contribution in [1.82, 2.24) is 15.0 Å². The molecule has 25 heavy (non-hydrogen) atoms. The Morgan fingerprint density at radius 2 is 1.80 bits per heavy atom. The highest BCUT2D eigenvalue weighted by atomic mass is 16.4. The summed E-state index contributed by atoms with van der Waals surface area (Å²) in [6.07, 6.45) is 3.19. The monoisotopic (exact) mass is 333 g/mol. The van der Waals surface area contributed by atoms with E-state index in [1.165, 1.54) is 0 Å². The minimum absolute atomic E-state index is 0.272. The van der Waals surface area contributed by atoms with Gasteiger partial charge in [0.25, 0.3) is 0 Å². The Balaban J connectivity index is 1.95. The van der Waals surface area contributed by atoms with Crippen LogP contribution >= 0.6 is 0 Å². The van der Waals surface area contributed by atoms with Gasteiger partial charge in [-0.2, -0.15) is 0 Å². The summed E-state index contributed by atoms with van der Waals surface area (Å²) in [4.78, 5) is 26.7. The third-order valence-electron chi connectivity index (χ3n) is 7.15. The topological polar surface area (TPSA) is 76.0 Å². The zero-order valence-corrected chi connectivity index (χ0v) is 14.5. The van der Waals surface area contributed by atoms with Gasteiger partial charge in [0.2, 0.25) is 0 Å². The second-order valence-corrected chi connectivity index (χ2v) is 8.09. The van der Waals surface area contributed by atoms with Crippen LogP contribution in [0.3, 0.4) is 0 Å². The lowest BCUT2D eigenvalue weighted by atomic mass is 9.64. The van der Waals surface area contributed by atoms with Gasteiger partial charge in [0.15, 0.2) is 0 Å². The first kappa shape index (κ1) is 14.8. The molecular weight excluding hydrogens is 314 g/mol. The van der Waals surface area contributed by atoms with Gasteiger partial charge < -0.3 is 5.11 Å². The summed E-state index contributed by atoms with van der Waals surface area (Å²) in [6.45, 7) is 6.26. The molecule has 5 heteroatoms. The Bertz CT molecular complexity index is 1090. The maximum absolute atomic E-state index is 12.4. The van der Waals surface area contributed by atoms with Crippen molar-refractivity contribution in [1.29, 1.82) is 0 Å². The molecule has 126 valence electrons. The van der Waals surface area contributed by atoms with E-state index in [2.05, 4.69) is 25.8 Å². The summed E-state index contributed by atoms with van der Waals surface area (Å²) in [7, 11) is 0. The Hall–Kier alpha value is -2.56. The predicted molar refractivity (Wildman–Crippen MR) is 94.5 cm³/mol. The number of hydrogen-bond acceptors (Lipinski definition) is 4. The zero-order valence-electron chi connectivity index (χ0n) is 14.5. The van der Waals surface area contributed by atoms with Crippen molar-refractivity contribution < 1.29 is 9.90 Å². The lowest BCUT2D eigenvalue weighted by molar-refractivity contribution is -0.148. The predicted octanol–water partition coefficient (Wildman–Crippen LogP) is 3.59. The molecule has 2 atom stereocenters. The van der Waals surface area contributed by atoms with E-state index in [0.717, 1.165) is 34.1 Å². The van der Waals surface area contributed by atoms with Crippen molar-refractivity contribution >= 4 is 27.9 Å². The Kier molecular flexibility index (Phi) is 2.45. The van der Waals surface area contributed by atoms with E-state index in [4.69, 9.17) is 9.97 Å². The smallest absolute Gasteiger partial charge is 0.316 e. The van der Waals surface area contributed by atoms with Gasteiger partial charge in [-0.05, 0) is 42.5 Å². The number of carboxylic acids is 1.